The topological polar surface area (TPSA) is 66.0 Å². The quantitative estimate of drug-likeness (QED) is 0.636. The zero-order valence-electron chi connectivity index (χ0n) is 14.1. The molecule has 2 rings (SSSR count). The average molecular weight is 318 g/mol. The molecular formula is C17H26N4O2. The van der Waals surface area contributed by atoms with Gasteiger partial charge in [-0.25, -0.2) is 0 Å². The van der Waals surface area contributed by atoms with E-state index in [9.17, 15) is 4.79 Å². The van der Waals surface area contributed by atoms with Crippen molar-refractivity contribution in [3.8, 4) is 5.75 Å². The number of rotatable bonds is 5. The molecule has 1 aliphatic rings. The van der Waals surface area contributed by atoms with Crippen molar-refractivity contribution in [3.63, 3.8) is 0 Å². The van der Waals surface area contributed by atoms with Gasteiger partial charge < -0.3 is 20.3 Å². The van der Waals surface area contributed by atoms with Gasteiger partial charge in [0.25, 0.3) is 0 Å². The molecule has 0 aromatic heterocycles. The van der Waals surface area contributed by atoms with E-state index in [4.69, 9.17) is 4.74 Å². The lowest BCUT2D eigenvalue weighted by atomic mass is 10.2. The lowest BCUT2D eigenvalue weighted by Crippen LogP contribution is -2.44. The fraction of sp³-hybridized carbons (Fsp3) is 0.529. The number of guanidine groups is 1. The van der Waals surface area contributed by atoms with Crippen LogP contribution < -0.4 is 15.4 Å². The first-order valence-corrected chi connectivity index (χ1v) is 8.04. The molecule has 0 bridgehead atoms. The minimum atomic E-state index is 0.214. The predicted octanol–water partition coefficient (Wildman–Crippen LogP) is 1.37. The normalized spacial score (nSPS) is 18.0. The molecule has 0 saturated carbocycles. The predicted molar refractivity (Wildman–Crippen MR) is 91.6 cm³/mol. The Labute approximate surface area is 137 Å². The number of amides is 1. The van der Waals surface area contributed by atoms with E-state index in [0.717, 1.165) is 36.8 Å². The van der Waals surface area contributed by atoms with Gasteiger partial charge in [-0.2, -0.15) is 0 Å². The minimum Gasteiger partial charge on any atom is -0.496 e. The molecule has 1 unspecified atom stereocenters. The lowest BCUT2D eigenvalue weighted by Gasteiger charge is -2.19. The average Bonchev–Trinajstić information content (AvgIpc) is 3.06. The van der Waals surface area contributed by atoms with E-state index in [1.165, 1.54) is 0 Å². The summed E-state index contributed by atoms with van der Waals surface area (Å²) < 4.78 is 5.35. The highest BCUT2D eigenvalue weighted by Crippen LogP contribution is 2.16. The van der Waals surface area contributed by atoms with Crippen molar-refractivity contribution < 1.29 is 9.53 Å². The lowest BCUT2D eigenvalue weighted by molar-refractivity contribution is -0.129. The Balaban J connectivity index is 1.86. The molecule has 1 aliphatic heterocycles. The number of carbonyl (C=O) groups is 1. The van der Waals surface area contributed by atoms with Crippen LogP contribution in [-0.2, 0) is 11.3 Å². The van der Waals surface area contributed by atoms with Gasteiger partial charge in [-0.1, -0.05) is 25.1 Å². The van der Waals surface area contributed by atoms with E-state index in [-0.39, 0.29) is 11.9 Å². The fourth-order valence-corrected chi connectivity index (χ4v) is 2.74. The first-order chi connectivity index (χ1) is 11.2. The van der Waals surface area contributed by atoms with Crippen LogP contribution in [0, 0.1) is 0 Å². The second-order valence-corrected chi connectivity index (χ2v) is 5.56. The summed E-state index contributed by atoms with van der Waals surface area (Å²) >= 11 is 0. The second kappa shape index (κ2) is 8.41. The summed E-state index contributed by atoms with van der Waals surface area (Å²) in [4.78, 5) is 17.9. The van der Waals surface area contributed by atoms with Gasteiger partial charge in [0, 0.05) is 44.7 Å². The maximum Gasteiger partial charge on any atom is 0.222 e. The van der Waals surface area contributed by atoms with Gasteiger partial charge in [0.15, 0.2) is 5.96 Å². The number of nitrogens with one attached hydrogen (secondary N) is 2. The maximum atomic E-state index is 11.7. The number of likely N-dealkylation sites (tertiary alicyclic amines) is 1. The molecular weight excluding hydrogens is 292 g/mol. The number of methoxy groups -OCH3 is 1. The van der Waals surface area contributed by atoms with Crippen LogP contribution in [0.2, 0.25) is 0 Å². The molecule has 1 atom stereocenters. The van der Waals surface area contributed by atoms with Gasteiger partial charge in [0.2, 0.25) is 5.91 Å². The number of benzene rings is 1. The van der Waals surface area contributed by atoms with Gasteiger partial charge in [0.05, 0.1) is 7.11 Å². The molecule has 23 heavy (non-hydrogen) atoms. The highest BCUT2D eigenvalue weighted by Gasteiger charge is 2.25. The molecule has 1 aromatic carbocycles. The Bertz CT molecular complexity index is 559. The highest BCUT2D eigenvalue weighted by atomic mass is 16.5. The molecule has 0 aliphatic carbocycles. The molecule has 0 spiro atoms. The SMILES string of the molecule is CCC(=O)N1CCC(NC(=NC)NCc2ccccc2OC)C1. The van der Waals surface area contributed by atoms with Crippen molar-refractivity contribution in [1.29, 1.82) is 0 Å². The third-order valence-electron chi connectivity index (χ3n) is 4.05. The first kappa shape index (κ1) is 17.1. The van der Waals surface area contributed by atoms with E-state index in [1.54, 1.807) is 14.2 Å². The van der Waals surface area contributed by atoms with E-state index < -0.39 is 0 Å². The number of aliphatic imine (C=N–C) groups is 1. The second-order valence-electron chi connectivity index (χ2n) is 5.56. The fourth-order valence-electron chi connectivity index (χ4n) is 2.74. The van der Waals surface area contributed by atoms with Crippen LogP contribution in [0.1, 0.15) is 25.3 Å². The highest BCUT2D eigenvalue weighted by molar-refractivity contribution is 5.80. The Morgan fingerprint density at radius 1 is 1.43 bits per heavy atom. The van der Waals surface area contributed by atoms with Crippen molar-refractivity contribution in [2.45, 2.75) is 32.4 Å². The minimum absolute atomic E-state index is 0.214. The molecule has 0 radical (unpaired) electrons. The zero-order valence-corrected chi connectivity index (χ0v) is 14.1. The number of nitrogens with zero attached hydrogens (tertiary/aromatic N) is 2. The summed E-state index contributed by atoms with van der Waals surface area (Å²) in [7, 11) is 3.42. The summed E-state index contributed by atoms with van der Waals surface area (Å²) in [5.41, 5.74) is 1.08. The Morgan fingerprint density at radius 2 is 2.22 bits per heavy atom. The number of hydrogen-bond donors (Lipinski definition) is 2. The maximum absolute atomic E-state index is 11.7. The van der Waals surface area contributed by atoms with Crippen molar-refractivity contribution in [2.75, 3.05) is 27.2 Å². The molecule has 6 heteroatoms. The zero-order chi connectivity index (χ0) is 16.7. The summed E-state index contributed by atoms with van der Waals surface area (Å²) in [6.45, 7) is 4.08. The van der Waals surface area contributed by atoms with Crippen LogP contribution in [0.4, 0.5) is 0 Å². The number of carbonyl (C=O) groups excluding carboxylic acids is 1. The molecule has 1 fully saturated rings. The van der Waals surface area contributed by atoms with E-state index in [2.05, 4.69) is 15.6 Å². The summed E-state index contributed by atoms with van der Waals surface area (Å²) in [5.74, 6) is 1.81. The molecule has 2 N–H and O–H groups in total. The third kappa shape index (κ3) is 4.61. The van der Waals surface area contributed by atoms with Crippen LogP contribution in [0.25, 0.3) is 0 Å². The summed E-state index contributed by atoms with van der Waals surface area (Å²) in [5, 5.41) is 6.69. The molecule has 1 heterocycles. The van der Waals surface area contributed by atoms with Gasteiger partial charge in [-0.3, -0.25) is 9.79 Å². The van der Waals surface area contributed by atoms with Crippen LogP contribution >= 0.6 is 0 Å². The van der Waals surface area contributed by atoms with Gasteiger partial charge in [-0.15, -0.1) is 0 Å². The number of ether oxygens (including phenoxy) is 1. The Kier molecular flexibility index (Phi) is 6.26. The van der Waals surface area contributed by atoms with E-state index in [0.29, 0.717) is 13.0 Å². The van der Waals surface area contributed by atoms with E-state index in [1.807, 2.05) is 36.1 Å². The van der Waals surface area contributed by atoms with Crippen LogP contribution in [0.15, 0.2) is 29.3 Å². The third-order valence-corrected chi connectivity index (χ3v) is 4.05. The number of hydrogen-bond acceptors (Lipinski definition) is 3. The monoisotopic (exact) mass is 318 g/mol. The van der Waals surface area contributed by atoms with Gasteiger partial charge in [0.1, 0.15) is 5.75 Å². The molecule has 6 nitrogen and oxygen atoms in total. The van der Waals surface area contributed by atoms with Crippen LogP contribution in [-0.4, -0.2) is 50.1 Å². The van der Waals surface area contributed by atoms with Crippen molar-refractivity contribution in [1.82, 2.24) is 15.5 Å². The number of para-hydroxylation sites is 1. The first-order valence-electron chi connectivity index (χ1n) is 8.04. The standard InChI is InChI=1S/C17H26N4O2/c1-4-16(22)21-10-9-14(12-21)20-17(18-2)19-11-13-7-5-6-8-15(13)23-3/h5-8,14H,4,9-12H2,1-3H3,(H2,18,19,20). The molecule has 1 aromatic rings. The van der Waals surface area contributed by atoms with Gasteiger partial charge >= 0.3 is 0 Å². The smallest absolute Gasteiger partial charge is 0.222 e. The Morgan fingerprint density at radius 3 is 2.91 bits per heavy atom. The largest absolute Gasteiger partial charge is 0.496 e. The van der Waals surface area contributed by atoms with Crippen LogP contribution in [0.3, 0.4) is 0 Å². The van der Waals surface area contributed by atoms with Crippen LogP contribution in [0.5, 0.6) is 5.75 Å². The summed E-state index contributed by atoms with van der Waals surface area (Å²) in [6, 6.07) is 8.15. The summed E-state index contributed by atoms with van der Waals surface area (Å²) in [6.07, 6.45) is 1.51. The van der Waals surface area contributed by atoms with Crippen molar-refractivity contribution in [3.05, 3.63) is 29.8 Å². The van der Waals surface area contributed by atoms with E-state index >= 15 is 0 Å². The Hall–Kier alpha value is -2.24. The molecule has 1 amide bonds. The van der Waals surface area contributed by atoms with Gasteiger partial charge in [-0.05, 0) is 12.5 Å². The molecule has 1 saturated heterocycles. The van der Waals surface area contributed by atoms with Crippen molar-refractivity contribution >= 4 is 11.9 Å². The molecule has 126 valence electrons. The van der Waals surface area contributed by atoms with Crippen molar-refractivity contribution in [2.24, 2.45) is 4.99 Å².